The van der Waals surface area contributed by atoms with Gasteiger partial charge in [0.15, 0.2) is 0 Å². The van der Waals surface area contributed by atoms with Crippen molar-refractivity contribution in [2.45, 2.75) is 19.8 Å². The number of hydrogen-bond donors (Lipinski definition) is 1. The van der Waals surface area contributed by atoms with Crippen LogP contribution in [-0.2, 0) is 6.42 Å². The first-order valence-corrected chi connectivity index (χ1v) is 6.79. The number of rotatable bonds is 4. The number of para-hydroxylation sites is 1. The second-order valence-electron chi connectivity index (χ2n) is 4.85. The zero-order chi connectivity index (χ0) is 13.9. The Morgan fingerprint density at radius 3 is 2.90 bits per heavy atom. The second-order valence-corrected chi connectivity index (χ2v) is 4.85. The Labute approximate surface area is 117 Å². The van der Waals surface area contributed by atoms with E-state index in [-0.39, 0.29) is 0 Å². The minimum Gasteiger partial charge on any atom is -0.464 e. The van der Waals surface area contributed by atoms with Crippen LogP contribution in [0.25, 0.3) is 22.2 Å². The molecule has 2 aromatic heterocycles. The van der Waals surface area contributed by atoms with E-state index in [0.29, 0.717) is 6.54 Å². The third-order valence-corrected chi connectivity index (χ3v) is 3.26. The van der Waals surface area contributed by atoms with Crippen molar-refractivity contribution >= 4 is 11.0 Å². The Balaban J connectivity index is 2.07. The summed E-state index contributed by atoms with van der Waals surface area (Å²) in [6, 6.07) is 9.97. The van der Waals surface area contributed by atoms with Crippen molar-refractivity contribution in [3.63, 3.8) is 0 Å². The minimum atomic E-state index is 0.654. The van der Waals surface area contributed by atoms with Crippen LogP contribution in [-0.4, -0.2) is 16.5 Å². The topological polar surface area (TPSA) is 64.9 Å². The van der Waals surface area contributed by atoms with Crippen molar-refractivity contribution in [2.75, 3.05) is 6.54 Å². The number of hydrogen-bond acceptors (Lipinski definition) is 4. The summed E-state index contributed by atoms with van der Waals surface area (Å²) in [5, 5.41) is 1.08. The molecule has 0 fully saturated rings. The van der Waals surface area contributed by atoms with Crippen LogP contribution < -0.4 is 5.73 Å². The molecule has 20 heavy (non-hydrogen) atoms. The molecular weight excluding hydrogens is 250 g/mol. The van der Waals surface area contributed by atoms with Gasteiger partial charge >= 0.3 is 0 Å². The summed E-state index contributed by atoms with van der Waals surface area (Å²) < 4.78 is 5.58. The quantitative estimate of drug-likeness (QED) is 0.789. The standard InChI is InChI=1S/C16H17N3O/c1-11-9-14(19-16(18-11)7-4-8-17)13-10-20-15-6-3-2-5-12(13)15/h2-3,5-6,9-10H,4,7-8,17H2,1H3. The van der Waals surface area contributed by atoms with Crippen molar-refractivity contribution in [1.29, 1.82) is 0 Å². The Hall–Kier alpha value is -2.20. The van der Waals surface area contributed by atoms with Crippen molar-refractivity contribution in [2.24, 2.45) is 5.73 Å². The molecule has 0 unspecified atom stereocenters. The minimum absolute atomic E-state index is 0.654. The third kappa shape index (κ3) is 2.42. The first-order chi connectivity index (χ1) is 9.78. The first kappa shape index (κ1) is 12.8. The lowest BCUT2D eigenvalue weighted by Crippen LogP contribution is -2.04. The third-order valence-electron chi connectivity index (χ3n) is 3.26. The van der Waals surface area contributed by atoms with Gasteiger partial charge in [-0.2, -0.15) is 0 Å². The number of furan rings is 1. The molecule has 2 heterocycles. The molecule has 0 aliphatic rings. The molecule has 0 saturated heterocycles. The molecule has 3 rings (SSSR count). The fourth-order valence-corrected chi connectivity index (χ4v) is 2.32. The van der Waals surface area contributed by atoms with E-state index in [2.05, 4.69) is 9.97 Å². The summed E-state index contributed by atoms with van der Waals surface area (Å²) in [5.41, 5.74) is 9.32. The highest BCUT2D eigenvalue weighted by Gasteiger charge is 2.10. The lowest BCUT2D eigenvalue weighted by molar-refractivity contribution is 0.616. The van der Waals surface area contributed by atoms with E-state index in [9.17, 15) is 0 Å². The van der Waals surface area contributed by atoms with Crippen LogP contribution in [0.3, 0.4) is 0 Å². The molecular formula is C16H17N3O. The fraction of sp³-hybridized carbons (Fsp3) is 0.250. The molecule has 0 saturated carbocycles. The zero-order valence-corrected chi connectivity index (χ0v) is 11.5. The van der Waals surface area contributed by atoms with E-state index in [1.54, 1.807) is 6.26 Å². The Morgan fingerprint density at radius 2 is 2.05 bits per heavy atom. The molecule has 0 amide bonds. The van der Waals surface area contributed by atoms with Gasteiger partial charge in [-0.3, -0.25) is 0 Å². The predicted octanol–water partition coefficient (Wildman–Crippen LogP) is 3.09. The van der Waals surface area contributed by atoms with Crippen LogP contribution in [0.5, 0.6) is 0 Å². The van der Waals surface area contributed by atoms with Crippen LogP contribution in [0.15, 0.2) is 41.0 Å². The largest absolute Gasteiger partial charge is 0.464 e. The number of aryl methyl sites for hydroxylation is 2. The maximum atomic E-state index is 5.58. The zero-order valence-electron chi connectivity index (χ0n) is 11.5. The molecule has 0 aliphatic carbocycles. The molecule has 0 atom stereocenters. The maximum Gasteiger partial charge on any atom is 0.134 e. The van der Waals surface area contributed by atoms with Gasteiger partial charge in [0.05, 0.1) is 5.69 Å². The average molecular weight is 267 g/mol. The summed E-state index contributed by atoms with van der Waals surface area (Å²) >= 11 is 0. The lowest BCUT2D eigenvalue weighted by Gasteiger charge is -2.04. The Kier molecular flexibility index (Phi) is 3.48. The molecule has 0 spiro atoms. The Morgan fingerprint density at radius 1 is 1.20 bits per heavy atom. The summed E-state index contributed by atoms with van der Waals surface area (Å²) in [4.78, 5) is 9.10. The van der Waals surface area contributed by atoms with Gasteiger partial charge in [0.1, 0.15) is 17.7 Å². The van der Waals surface area contributed by atoms with E-state index in [4.69, 9.17) is 10.2 Å². The summed E-state index contributed by atoms with van der Waals surface area (Å²) in [6.45, 7) is 2.64. The van der Waals surface area contributed by atoms with E-state index < -0.39 is 0 Å². The van der Waals surface area contributed by atoms with Gasteiger partial charge < -0.3 is 10.2 Å². The first-order valence-electron chi connectivity index (χ1n) is 6.79. The van der Waals surface area contributed by atoms with E-state index in [1.807, 2.05) is 37.3 Å². The van der Waals surface area contributed by atoms with E-state index in [0.717, 1.165) is 46.6 Å². The molecule has 1 aromatic carbocycles. The molecule has 4 nitrogen and oxygen atoms in total. The Bertz CT molecular complexity index is 733. The van der Waals surface area contributed by atoms with Crippen LogP contribution >= 0.6 is 0 Å². The summed E-state index contributed by atoms with van der Waals surface area (Å²) in [6.07, 6.45) is 3.47. The number of benzene rings is 1. The molecule has 0 bridgehead atoms. The molecule has 4 heteroatoms. The van der Waals surface area contributed by atoms with Crippen molar-refractivity contribution < 1.29 is 4.42 Å². The normalized spacial score (nSPS) is 11.1. The van der Waals surface area contributed by atoms with Crippen molar-refractivity contribution in [3.05, 3.63) is 48.1 Å². The second kappa shape index (κ2) is 5.43. The van der Waals surface area contributed by atoms with Crippen LogP contribution in [0.4, 0.5) is 0 Å². The van der Waals surface area contributed by atoms with Crippen LogP contribution in [0, 0.1) is 6.92 Å². The highest BCUT2D eigenvalue weighted by Crippen LogP contribution is 2.29. The highest BCUT2D eigenvalue weighted by molar-refractivity contribution is 5.92. The molecule has 102 valence electrons. The number of nitrogens with zero attached hydrogens (tertiary/aromatic N) is 2. The van der Waals surface area contributed by atoms with Gasteiger partial charge in [0.2, 0.25) is 0 Å². The van der Waals surface area contributed by atoms with Gasteiger partial charge in [-0.1, -0.05) is 18.2 Å². The SMILES string of the molecule is Cc1cc(-c2coc3ccccc23)nc(CCCN)n1. The fourth-order valence-electron chi connectivity index (χ4n) is 2.32. The number of fused-ring (bicyclic) bond motifs is 1. The lowest BCUT2D eigenvalue weighted by atomic mass is 10.1. The number of nitrogens with two attached hydrogens (primary N) is 1. The number of aromatic nitrogens is 2. The van der Waals surface area contributed by atoms with Gasteiger partial charge in [-0.25, -0.2) is 9.97 Å². The van der Waals surface area contributed by atoms with Crippen molar-refractivity contribution in [3.8, 4) is 11.3 Å². The predicted molar refractivity (Wildman–Crippen MR) is 79.4 cm³/mol. The van der Waals surface area contributed by atoms with Crippen LogP contribution in [0.1, 0.15) is 17.9 Å². The van der Waals surface area contributed by atoms with Crippen LogP contribution in [0.2, 0.25) is 0 Å². The van der Waals surface area contributed by atoms with E-state index >= 15 is 0 Å². The van der Waals surface area contributed by atoms with Gasteiger partial charge in [-0.15, -0.1) is 0 Å². The van der Waals surface area contributed by atoms with Gasteiger partial charge in [0, 0.05) is 23.1 Å². The monoisotopic (exact) mass is 267 g/mol. The smallest absolute Gasteiger partial charge is 0.134 e. The van der Waals surface area contributed by atoms with Gasteiger partial charge in [-0.05, 0) is 32.0 Å². The molecule has 0 radical (unpaired) electrons. The maximum absolute atomic E-state index is 5.58. The van der Waals surface area contributed by atoms with E-state index in [1.165, 1.54) is 0 Å². The summed E-state index contributed by atoms with van der Waals surface area (Å²) in [7, 11) is 0. The summed E-state index contributed by atoms with van der Waals surface area (Å²) in [5.74, 6) is 0.843. The molecule has 0 aliphatic heterocycles. The van der Waals surface area contributed by atoms with Crippen molar-refractivity contribution in [1.82, 2.24) is 9.97 Å². The highest BCUT2D eigenvalue weighted by atomic mass is 16.3. The molecule has 2 N–H and O–H groups in total. The average Bonchev–Trinajstić information content (AvgIpc) is 2.88. The van der Waals surface area contributed by atoms with Gasteiger partial charge in [0.25, 0.3) is 0 Å². The molecule has 3 aromatic rings.